The summed E-state index contributed by atoms with van der Waals surface area (Å²) >= 11 is 1.19. The minimum absolute atomic E-state index is 0. The third-order valence-corrected chi connectivity index (χ3v) is 8.73. The summed E-state index contributed by atoms with van der Waals surface area (Å²) in [7, 11) is 2.05. The number of carbonyl (C=O) groups is 3. The fourth-order valence-corrected chi connectivity index (χ4v) is 5.94. The molecule has 0 spiro atoms. The van der Waals surface area contributed by atoms with Crippen molar-refractivity contribution in [3.63, 3.8) is 0 Å². The van der Waals surface area contributed by atoms with Crippen molar-refractivity contribution in [1.82, 2.24) is 20.4 Å². The molecular weight excluding hydrogens is 628 g/mol. The van der Waals surface area contributed by atoms with E-state index in [1.54, 1.807) is 30.3 Å². The standard InChI is InChI=1S/C32H34N8O4S.ClH/c1-19(41)24(18-33)29(43)34-25-16-21(40-14-12-39(4)13-15-40)10-11-22(25)28(42)35-27-23-17-26(45-31(23)38-37-27)30(44)36-32(2,3)20-8-6-5-7-9-20;/h5-11,16-17,41H,12-15H2,1-4H3,(H,34,43)(H,36,44)(H2,35,37,38,42);1H/b24-19+;. The van der Waals surface area contributed by atoms with Gasteiger partial charge in [0.15, 0.2) is 5.57 Å². The molecule has 5 N–H and O–H groups in total. The van der Waals surface area contributed by atoms with Gasteiger partial charge in [0.1, 0.15) is 22.5 Å². The van der Waals surface area contributed by atoms with E-state index in [4.69, 9.17) is 0 Å². The number of piperazine rings is 1. The first-order valence-electron chi connectivity index (χ1n) is 14.3. The molecule has 2 aromatic carbocycles. The number of aliphatic hydroxyl groups is 1. The van der Waals surface area contributed by atoms with Crippen LogP contribution < -0.4 is 20.9 Å². The fourth-order valence-electron chi connectivity index (χ4n) is 5.05. The quantitative estimate of drug-likeness (QED) is 0.0997. The van der Waals surface area contributed by atoms with Crippen molar-refractivity contribution >= 4 is 68.9 Å². The summed E-state index contributed by atoms with van der Waals surface area (Å²) in [6.07, 6.45) is 0. The zero-order valence-electron chi connectivity index (χ0n) is 25.8. The van der Waals surface area contributed by atoms with Crippen LogP contribution >= 0.6 is 23.7 Å². The maximum absolute atomic E-state index is 13.6. The summed E-state index contributed by atoms with van der Waals surface area (Å²) in [4.78, 5) is 45.0. The highest BCUT2D eigenvalue weighted by Gasteiger charge is 2.26. The predicted octanol–water partition coefficient (Wildman–Crippen LogP) is 5.01. The Morgan fingerprint density at radius 1 is 1.02 bits per heavy atom. The molecule has 3 amide bonds. The number of rotatable bonds is 8. The number of likely N-dealkylation sites (N-methyl/N-ethyl adjacent to an activating group) is 1. The Bertz CT molecular complexity index is 1830. The maximum Gasteiger partial charge on any atom is 0.269 e. The molecule has 1 fully saturated rings. The molecule has 4 aromatic rings. The van der Waals surface area contributed by atoms with Crippen LogP contribution in [0, 0.1) is 11.3 Å². The molecule has 14 heteroatoms. The number of carbonyl (C=O) groups excluding carboxylic acids is 3. The van der Waals surface area contributed by atoms with Crippen molar-refractivity contribution in [2.75, 3.05) is 48.8 Å². The second-order valence-electron chi connectivity index (χ2n) is 11.4. The minimum Gasteiger partial charge on any atom is -0.511 e. The molecule has 5 rings (SSSR count). The Morgan fingerprint density at radius 2 is 1.72 bits per heavy atom. The zero-order chi connectivity index (χ0) is 32.3. The van der Waals surface area contributed by atoms with Gasteiger partial charge in [0.25, 0.3) is 17.7 Å². The van der Waals surface area contributed by atoms with Gasteiger partial charge in [-0.15, -0.1) is 23.7 Å². The molecule has 3 heterocycles. The summed E-state index contributed by atoms with van der Waals surface area (Å²) in [6.45, 7) is 8.33. The van der Waals surface area contributed by atoms with E-state index in [-0.39, 0.29) is 35.4 Å². The topological polar surface area (TPSA) is 166 Å². The largest absolute Gasteiger partial charge is 0.511 e. The van der Waals surface area contributed by atoms with Crippen LogP contribution in [0.15, 0.2) is 65.9 Å². The number of allylic oxidation sites excluding steroid dienone is 1. The molecule has 1 aliphatic rings. The third-order valence-electron chi connectivity index (χ3n) is 7.70. The van der Waals surface area contributed by atoms with E-state index in [2.05, 4.69) is 35.9 Å². The third kappa shape index (κ3) is 7.31. The number of aromatic amines is 1. The van der Waals surface area contributed by atoms with Gasteiger partial charge >= 0.3 is 0 Å². The Balaban J connectivity index is 0.00000480. The highest BCUT2D eigenvalue weighted by molar-refractivity contribution is 7.20. The Hall–Kier alpha value is -4.90. The molecule has 240 valence electrons. The number of amides is 3. The SMILES string of the molecule is C/C(O)=C(/C#N)C(=O)Nc1cc(N2CCN(C)CC2)ccc1C(=O)Nc1[nH]nc2sc(C(=O)NC(C)(C)c3ccccc3)cc12.Cl. The molecule has 0 saturated carbocycles. The van der Waals surface area contributed by atoms with E-state index < -0.39 is 28.7 Å². The molecule has 0 aliphatic carbocycles. The van der Waals surface area contributed by atoms with Gasteiger partial charge in [-0.05, 0) is 57.6 Å². The van der Waals surface area contributed by atoms with Crippen LogP contribution in [-0.2, 0) is 10.3 Å². The average Bonchev–Trinajstić information content (AvgIpc) is 3.60. The van der Waals surface area contributed by atoms with Gasteiger partial charge in [-0.3, -0.25) is 19.5 Å². The number of anilines is 3. The van der Waals surface area contributed by atoms with Crippen LogP contribution in [0.4, 0.5) is 17.2 Å². The maximum atomic E-state index is 13.6. The lowest BCUT2D eigenvalue weighted by Crippen LogP contribution is -2.44. The lowest BCUT2D eigenvalue weighted by atomic mass is 9.94. The number of nitriles is 1. The van der Waals surface area contributed by atoms with E-state index in [0.29, 0.717) is 15.1 Å². The first-order valence-corrected chi connectivity index (χ1v) is 15.1. The van der Waals surface area contributed by atoms with E-state index >= 15 is 0 Å². The molecule has 1 aliphatic heterocycles. The zero-order valence-corrected chi connectivity index (χ0v) is 27.4. The Labute approximate surface area is 276 Å². The van der Waals surface area contributed by atoms with Crippen molar-refractivity contribution in [2.24, 2.45) is 0 Å². The first-order chi connectivity index (χ1) is 21.5. The monoisotopic (exact) mass is 662 g/mol. The number of hydrogen-bond acceptors (Lipinski definition) is 9. The number of H-pyrrole nitrogens is 1. The van der Waals surface area contributed by atoms with Crippen LogP contribution in [0.25, 0.3) is 10.2 Å². The van der Waals surface area contributed by atoms with Crippen molar-refractivity contribution in [2.45, 2.75) is 26.3 Å². The van der Waals surface area contributed by atoms with Crippen molar-refractivity contribution in [3.8, 4) is 6.07 Å². The van der Waals surface area contributed by atoms with Crippen LogP contribution in [-0.4, -0.2) is 71.2 Å². The summed E-state index contributed by atoms with van der Waals surface area (Å²) in [5.41, 5.74) is 0.994. The summed E-state index contributed by atoms with van der Waals surface area (Å²) in [5.74, 6) is -1.80. The van der Waals surface area contributed by atoms with E-state index in [1.165, 1.54) is 18.3 Å². The predicted molar refractivity (Wildman–Crippen MR) is 182 cm³/mol. The number of fused-ring (bicyclic) bond motifs is 1. The van der Waals surface area contributed by atoms with Gasteiger partial charge in [0, 0.05) is 31.9 Å². The Morgan fingerprint density at radius 3 is 2.37 bits per heavy atom. The number of aromatic nitrogens is 2. The van der Waals surface area contributed by atoms with E-state index in [1.807, 2.05) is 51.2 Å². The summed E-state index contributed by atoms with van der Waals surface area (Å²) in [6, 6.07) is 18.1. The smallest absolute Gasteiger partial charge is 0.269 e. The second-order valence-corrected chi connectivity index (χ2v) is 12.4. The normalized spacial score (nSPS) is 14.1. The number of halogens is 1. The molecule has 0 atom stereocenters. The summed E-state index contributed by atoms with van der Waals surface area (Å²) in [5, 5.41) is 35.4. The molecular formula is C32H35ClN8O4S. The lowest BCUT2D eigenvalue weighted by molar-refractivity contribution is -0.112. The minimum atomic E-state index is -0.835. The summed E-state index contributed by atoms with van der Waals surface area (Å²) < 4.78 is 0. The number of thiophene rings is 1. The van der Waals surface area contributed by atoms with Gasteiger partial charge in [-0.25, -0.2) is 0 Å². The number of hydrogen-bond donors (Lipinski definition) is 5. The molecule has 0 bridgehead atoms. The van der Waals surface area contributed by atoms with Gasteiger partial charge in [0.05, 0.1) is 27.1 Å². The lowest BCUT2D eigenvalue weighted by Gasteiger charge is -2.34. The van der Waals surface area contributed by atoms with E-state index in [9.17, 15) is 24.8 Å². The average molecular weight is 663 g/mol. The van der Waals surface area contributed by atoms with Crippen molar-refractivity contribution < 1.29 is 19.5 Å². The van der Waals surface area contributed by atoms with Gasteiger partial charge < -0.3 is 30.9 Å². The van der Waals surface area contributed by atoms with Crippen molar-refractivity contribution in [3.05, 3.63) is 81.9 Å². The van der Waals surface area contributed by atoms with Crippen LogP contribution in [0.3, 0.4) is 0 Å². The van der Waals surface area contributed by atoms with Crippen LogP contribution in [0.1, 0.15) is 46.4 Å². The number of benzene rings is 2. The molecule has 1 saturated heterocycles. The molecule has 0 unspecified atom stereocenters. The van der Waals surface area contributed by atoms with Gasteiger partial charge in [-0.2, -0.15) is 10.4 Å². The highest BCUT2D eigenvalue weighted by atomic mass is 35.5. The fraction of sp³-hybridized carbons (Fsp3) is 0.281. The van der Waals surface area contributed by atoms with Crippen LogP contribution in [0.5, 0.6) is 0 Å². The first kappa shape index (κ1) is 34.0. The molecule has 0 radical (unpaired) electrons. The Kier molecular flexibility index (Phi) is 10.4. The number of nitrogens with zero attached hydrogens (tertiary/aromatic N) is 4. The van der Waals surface area contributed by atoms with Gasteiger partial charge in [-0.1, -0.05) is 30.3 Å². The number of nitrogens with one attached hydrogen (secondary N) is 4. The van der Waals surface area contributed by atoms with Crippen molar-refractivity contribution in [1.29, 1.82) is 5.26 Å². The number of aliphatic hydroxyl groups excluding tert-OH is 1. The molecule has 46 heavy (non-hydrogen) atoms. The molecule has 2 aromatic heterocycles. The van der Waals surface area contributed by atoms with Crippen LogP contribution in [0.2, 0.25) is 0 Å². The van der Waals surface area contributed by atoms with Gasteiger partial charge in [0.2, 0.25) is 0 Å². The van der Waals surface area contributed by atoms with E-state index in [0.717, 1.165) is 37.4 Å². The second kappa shape index (κ2) is 14.0. The molecule has 12 nitrogen and oxygen atoms in total. The highest BCUT2D eigenvalue weighted by Crippen LogP contribution is 2.32.